The normalized spacial score (nSPS) is 13.2. The van der Waals surface area contributed by atoms with Crippen molar-refractivity contribution in [2.45, 2.75) is 19.4 Å². The summed E-state index contributed by atoms with van der Waals surface area (Å²) in [4.78, 5) is 29.5. The second-order valence-electron chi connectivity index (χ2n) is 7.19. The van der Waals surface area contributed by atoms with Crippen molar-refractivity contribution < 1.29 is 28.6 Å². The fourth-order valence-corrected chi connectivity index (χ4v) is 3.96. The van der Waals surface area contributed by atoms with Gasteiger partial charge in [0.25, 0.3) is 5.91 Å². The zero-order valence-electron chi connectivity index (χ0n) is 15.7. The summed E-state index contributed by atoms with van der Waals surface area (Å²) in [6.07, 6.45) is 1.04. The van der Waals surface area contributed by atoms with Gasteiger partial charge in [-0.3, -0.25) is 14.6 Å². The van der Waals surface area contributed by atoms with Gasteiger partial charge in [0.15, 0.2) is 5.75 Å². The van der Waals surface area contributed by atoms with Gasteiger partial charge in [0.05, 0.1) is 17.0 Å². The monoisotopic (exact) mass is 432 g/mol. The molecule has 0 saturated carbocycles. The molecular formula is C21H15ClF2N2O4. The largest absolute Gasteiger partial charge is 0.505 e. The number of rotatable bonds is 4. The van der Waals surface area contributed by atoms with Crippen molar-refractivity contribution in [1.29, 1.82) is 0 Å². The zero-order valence-corrected chi connectivity index (χ0v) is 16.4. The maximum absolute atomic E-state index is 14.1. The van der Waals surface area contributed by atoms with Gasteiger partial charge in [0, 0.05) is 37.7 Å². The molecular weight excluding hydrogens is 418 g/mol. The molecule has 3 aromatic rings. The first-order valence-corrected chi connectivity index (χ1v) is 9.31. The number of carbonyl (C=O) groups is 2. The van der Waals surface area contributed by atoms with E-state index in [9.17, 15) is 28.6 Å². The molecule has 1 aliphatic rings. The number of phenolic OH excluding ortho intramolecular Hbond substituents is 1. The van der Waals surface area contributed by atoms with E-state index in [1.54, 1.807) is 13.1 Å². The zero-order chi connectivity index (χ0) is 21.7. The summed E-state index contributed by atoms with van der Waals surface area (Å²) in [5.41, 5.74) is 1.60. The third-order valence-corrected chi connectivity index (χ3v) is 5.45. The van der Waals surface area contributed by atoms with Crippen LogP contribution in [0.2, 0.25) is 5.02 Å². The van der Waals surface area contributed by atoms with Crippen molar-refractivity contribution >= 4 is 34.4 Å². The van der Waals surface area contributed by atoms with Gasteiger partial charge in [-0.15, -0.1) is 0 Å². The number of phenols is 1. The highest BCUT2D eigenvalue weighted by Crippen LogP contribution is 2.39. The van der Waals surface area contributed by atoms with Crippen molar-refractivity contribution in [1.82, 2.24) is 9.88 Å². The Hall–Kier alpha value is -3.26. The molecule has 0 radical (unpaired) electrons. The van der Waals surface area contributed by atoms with Gasteiger partial charge in [-0.1, -0.05) is 11.6 Å². The smallest absolute Gasteiger partial charge is 0.307 e. The molecule has 2 heterocycles. The maximum atomic E-state index is 14.1. The molecule has 0 fully saturated rings. The third kappa shape index (κ3) is 3.23. The average molecular weight is 433 g/mol. The molecule has 0 spiro atoms. The van der Waals surface area contributed by atoms with Crippen LogP contribution in [-0.4, -0.2) is 39.0 Å². The van der Waals surface area contributed by atoms with Gasteiger partial charge in [-0.25, -0.2) is 8.78 Å². The van der Waals surface area contributed by atoms with Crippen molar-refractivity contribution in [2.24, 2.45) is 0 Å². The van der Waals surface area contributed by atoms with E-state index in [1.165, 1.54) is 17.2 Å². The number of pyridine rings is 1. The van der Waals surface area contributed by atoms with Crippen molar-refractivity contribution in [3.63, 3.8) is 0 Å². The Morgan fingerprint density at radius 3 is 2.70 bits per heavy atom. The predicted octanol–water partition coefficient (Wildman–Crippen LogP) is 3.68. The van der Waals surface area contributed by atoms with Crippen LogP contribution >= 0.6 is 11.6 Å². The summed E-state index contributed by atoms with van der Waals surface area (Å²) in [5.74, 6) is -3.47. The lowest BCUT2D eigenvalue weighted by atomic mass is 9.93. The lowest BCUT2D eigenvalue weighted by Crippen LogP contribution is -2.17. The molecule has 6 nitrogen and oxygen atoms in total. The lowest BCUT2D eigenvalue weighted by Gasteiger charge is -2.13. The first-order valence-electron chi connectivity index (χ1n) is 8.93. The number of carboxylic acids is 1. The first-order chi connectivity index (χ1) is 14.2. The number of carbonyl (C=O) groups excluding carboxylic acids is 1. The van der Waals surface area contributed by atoms with Crippen molar-refractivity contribution in [3.05, 3.63) is 68.9 Å². The fourth-order valence-electron chi connectivity index (χ4n) is 3.78. The van der Waals surface area contributed by atoms with Crippen LogP contribution in [-0.2, 0) is 24.2 Å². The molecule has 154 valence electrons. The molecule has 1 aliphatic heterocycles. The van der Waals surface area contributed by atoms with Gasteiger partial charge < -0.3 is 15.1 Å². The van der Waals surface area contributed by atoms with Crippen LogP contribution in [0.4, 0.5) is 8.78 Å². The lowest BCUT2D eigenvalue weighted by molar-refractivity contribution is -0.136. The van der Waals surface area contributed by atoms with E-state index in [0.717, 1.165) is 0 Å². The van der Waals surface area contributed by atoms with Gasteiger partial charge in [-0.05, 0) is 34.4 Å². The summed E-state index contributed by atoms with van der Waals surface area (Å²) in [6, 6.07) is 3.48. The number of halogens is 3. The minimum atomic E-state index is -1.10. The SMILES string of the molecule is CN1Cc2c(c(O)c3ncc(Cc4cc(Cl)c(F)cc4F)cc3c2CC(=O)O)C1=O. The fraction of sp³-hybridized carbons (Fsp3) is 0.190. The molecule has 0 unspecified atom stereocenters. The number of hydrogen-bond acceptors (Lipinski definition) is 4. The number of carboxylic acid groups (broad SMARTS) is 1. The minimum Gasteiger partial charge on any atom is -0.505 e. The molecule has 2 N–H and O–H groups in total. The molecule has 0 bridgehead atoms. The highest BCUT2D eigenvalue weighted by Gasteiger charge is 2.33. The summed E-state index contributed by atoms with van der Waals surface area (Å²) in [6.45, 7) is 0.159. The Balaban J connectivity index is 1.89. The minimum absolute atomic E-state index is 0.0258. The molecule has 2 aromatic carbocycles. The Morgan fingerprint density at radius 1 is 1.27 bits per heavy atom. The van der Waals surface area contributed by atoms with Crippen LogP contribution in [0, 0.1) is 11.6 Å². The molecule has 30 heavy (non-hydrogen) atoms. The summed E-state index contributed by atoms with van der Waals surface area (Å²) >= 11 is 5.75. The van der Waals surface area contributed by atoms with Crippen LogP contribution in [0.5, 0.6) is 5.75 Å². The Bertz CT molecular complexity index is 1250. The van der Waals surface area contributed by atoms with Gasteiger partial charge in [-0.2, -0.15) is 0 Å². The predicted molar refractivity (Wildman–Crippen MR) is 105 cm³/mol. The number of fused-ring (bicyclic) bond motifs is 2. The van der Waals surface area contributed by atoms with E-state index >= 15 is 0 Å². The number of benzene rings is 2. The number of aromatic nitrogens is 1. The Labute approximate surface area is 174 Å². The number of amides is 1. The summed E-state index contributed by atoms with van der Waals surface area (Å²) in [5, 5.41) is 20.2. The molecule has 0 saturated heterocycles. The molecule has 1 amide bonds. The summed E-state index contributed by atoms with van der Waals surface area (Å²) < 4.78 is 27.5. The third-order valence-electron chi connectivity index (χ3n) is 5.16. The maximum Gasteiger partial charge on any atom is 0.307 e. The van der Waals surface area contributed by atoms with Crippen LogP contribution in [0.1, 0.15) is 32.6 Å². The van der Waals surface area contributed by atoms with E-state index < -0.39 is 23.5 Å². The van der Waals surface area contributed by atoms with Crippen LogP contribution < -0.4 is 0 Å². The number of aliphatic carboxylic acids is 1. The highest BCUT2D eigenvalue weighted by atomic mass is 35.5. The van der Waals surface area contributed by atoms with Crippen LogP contribution in [0.15, 0.2) is 24.4 Å². The topological polar surface area (TPSA) is 90.7 Å². The first kappa shape index (κ1) is 20.0. The van der Waals surface area contributed by atoms with Gasteiger partial charge in [0.2, 0.25) is 0 Å². The second kappa shape index (κ2) is 7.21. The van der Waals surface area contributed by atoms with Crippen molar-refractivity contribution in [2.75, 3.05) is 7.05 Å². The van der Waals surface area contributed by atoms with Gasteiger partial charge >= 0.3 is 5.97 Å². The van der Waals surface area contributed by atoms with Gasteiger partial charge in [0.1, 0.15) is 17.2 Å². The van der Waals surface area contributed by atoms with E-state index in [-0.39, 0.29) is 46.8 Å². The van der Waals surface area contributed by atoms with E-state index in [1.807, 2.05) is 0 Å². The van der Waals surface area contributed by atoms with E-state index in [2.05, 4.69) is 4.98 Å². The van der Waals surface area contributed by atoms with E-state index in [4.69, 9.17) is 11.6 Å². The quantitative estimate of drug-likeness (QED) is 0.614. The molecule has 4 rings (SSSR count). The average Bonchev–Trinajstić information content (AvgIpc) is 2.98. The molecule has 0 atom stereocenters. The second-order valence-corrected chi connectivity index (χ2v) is 7.59. The van der Waals surface area contributed by atoms with Crippen LogP contribution in [0.25, 0.3) is 10.9 Å². The van der Waals surface area contributed by atoms with Crippen molar-refractivity contribution in [3.8, 4) is 5.75 Å². The number of hydrogen-bond donors (Lipinski definition) is 2. The number of aromatic hydroxyl groups is 1. The summed E-state index contributed by atoms with van der Waals surface area (Å²) in [7, 11) is 1.55. The molecule has 9 heteroatoms. The highest BCUT2D eigenvalue weighted by molar-refractivity contribution is 6.30. The number of nitrogens with zero attached hydrogens (tertiary/aromatic N) is 2. The standard InChI is InChI=1S/C21H15ClF2N2O4/c1-26-8-13-11(5-17(27)28)12-3-9(2-10-4-14(22)16(24)6-15(10)23)7-25-19(12)20(29)18(13)21(26)30/h3-4,6-7,29H,2,5,8H2,1H3,(H,27,28). The Kier molecular flexibility index (Phi) is 4.82. The molecule has 0 aliphatic carbocycles. The molecule has 1 aromatic heterocycles. The van der Waals surface area contributed by atoms with E-state index in [0.29, 0.717) is 28.1 Å². The Morgan fingerprint density at radius 2 is 2.00 bits per heavy atom. The van der Waals surface area contributed by atoms with Crippen LogP contribution in [0.3, 0.4) is 0 Å².